The highest BCUT2D eigenvalue weighted by Gasteiger charge is 2.25. The lowest BCUT2D eigenvalue weighted by Crippen LogP contribution is -2.27. The maximum atomic E-state index is 13.5. The van der Waals surface area contributed by atoms with E-state index in [0.717, 1.165) is 11.6 Å². The van der Waals surface area contributed by atoms with Gasteiger partial charge in [-0.25, -0.2) is 12.8 Å². The van der Waals surface area contributed by atoms with Crippen LogP contribution in [0.15, 0.2) is 47.4 Å². The average molecular weight is 365 g/mol. The van der Waals surface area contributed by atoms with E-state index in [4.69, 9.17) is 4.74 Å². The summed E-state index contributed by atoms with van der Waals surface area (Å²) in [5, 5.41) is 0. The number of ether oxygens (including phenoxy) is 1. The molecule has 4 nitrogen and oxygen atoms in total. The number of nitrogens with zero attached hydrogens (tertiary/aromatic N) is 1. The predicted octanol–water partition coefficient (Wildman–Crippen LogP) is 3.95. The van der Waals surface area contributed by atoms with Crippen molar-refractivity contribution in [3.63, 3.8) is 0 Å². The van der Waals surface area contributed by atoms with Crippen molar-refractivity contribution >= 4 is 10.0 Å². The third kappa shape index (κ3) is 4.38. The highest BCUT2D eigenvalue weighted by atomic mass is 32.2. The van der Waals surface area contributed by atoms with Crippen LogP contribution in [0.25, 0.3) is 0 Å². The summed E-state index contributed by atoms with van der Waals surface area (Å²) in [6, 6.07) is 11.3. The molecule has 0 bridgehead atoms. The van der Waals surface area contributed by atoms with Crippen LogP contribution in [0, 0.1) is 5.82 Å². The van der Waals surface area contributed by atoms with Crippen LogP contribution in [0.2, 0.25) is 0 Å². The van der Waals surface area contributed by atoms with Crippen molar-refractivity contribution in [1.82, 2.24) is 4.31 Å². The Hall–Kier alpha value is -1.92. The SMILES string of the molecule is COc1ccc(F)cc1S(=O)(=O)N(C)Cc1ccc(C(C)(C)C)cc1. The fourth-order valence-corrected chi connectivity index (χ4v) is 3.79. The van der Waals surface area contributed by atoms with Crippen molar-refractivity contribution in [3.05, 3.63) is 59.4 Å². The summed E-state index contributed by atoms with van der Waals surface area (Å²) in [4.78, 5) is -0.177. The third-order valence-corrected chi connectivity index (χ3v) is 5.86. The van der Waals surface area contributed by atoms with Gasteiger partial charge in [-0.1, -0.05) is 45.0 Å². The molecule has 136 valence electrons. The zero-order valence-electron chi connectivity index (χ0n) is 15.2. The molecule has 2 aromatic rings. The molecule has 0 fully saturated rings. The van der Waals surface area contributed by atoms with Crippen LogP contribution in [-0.2, 0) is 22.0 Å². The van der Waals surface area contributed by atoms with Gasteiger partial charge in [-0.15, -0.1) is 0 Å². The third-order valence-electron chi connectivity index (χ3n) is 4.04. The molecule has 0 amide bonds. The summed E-state index contributed by atoms with van der Waals surface area (Å²) in [5.74, 6) is -0.501. The molecule has 6 heteroatoms. The first-order valence-corrected chi connectivity index (χ1v) is 9.39. The van der Waals surface area contributed by atoms with E-state index in [1.807, 2.05) is 24.3 Å². The largest absolute Gasteiger partial charge is 0.495 e. The molecule has 0 spiro atoms. The Morgan fingerprint density at radius 2 is 1.68 bits per heavy atom. The summed E-state index contributed by atoms with van der Waals surface area (Å²) in [6.45, 7) is 6.55. The highest BCUT2D eigenvalue weighted by molar-refractivity contribution is 7.89. The molecule has 0 heterocycles. The molecule has 0 N–H and O–H groups in total. The Bertz CT molecular complexity index is 840. The summed E-state index contributed by atoms with van der Waals surface area (Å²) in [6.07, 6.45) is 0. The van der Waals surface area contributed by atoms with Gasteiger partial charge >= 0.3 is 0 Å². The monoisotopic (exact) mass is 365 g/mol. The van der Waals surface area contributed by atoms with E-state index in [0.29, 0.717) is 0 Å². The molecule has 0 aliphatic carbocycles. The minimum Gasteiger partial charge on any atom is -0.495 e. The minimum absolute atomic E-state index is 0.0332. The van der Waals surface area contributed by atoms with Crippen LogP contribution in [0.4, 0.5) is 4.39 Å². The number of halogens is 1. The number of hydrogen-bond acceptors (Lipinski definition) is 3. The van der Waals surface area contributed by atoms with Crippen molar-refractivity contribution in [2.24, 2.45) is 0 Å². The molecule has 0 aliphatic heterocycles. The fourth-order valence-electron chi connectivity index (χ4n) is 2.47. The molecule has 0 saturated heterocycles. The van der Waals surface area contributed by atoms with Gasteiger partial charge in [-0.05, 0) is 34.7 Å². The lowest BCUT2D eigenvalue weighted by molar-refractivity contribution is 0.395. The van der Waals surface area contributed by atoms with Crippen LogP contribution >= 0.6 is 0 Å². The predicted molar refractivity (Wildman–Crippen MR) is 96.7 cm³/mol. The second kappa shape index (κ2) is 7.14. The van der Waals surface area contributed by atoms with E-state index in [9.17, 15) is 12.8 Å². The molecule has 0 saturated carbocycles. The summed E-state index contributed by atoms with van der Waals surface area (Å²) in [5.41, 5.74) is 2.06. The molecule has 2 aromatic carbocycles. The van der Waals surface area contributed by atoms with Gasteiger partial charge < -0.3 is 4.74 Å². The first-order valence-electron chi connectivity index (χ1n) is 7.95. The van der Waals surface area contributed by atoms with Gasteiger partial charge in [0, 0.05) is 13.6 Å². The lowest BCUT2D eigenvalue weighted by Gasteiger charge is -2.21. The zero-order valence-corrected chi connectivity index (χ0v) is 16.0. The van der Waals surface area contributed by atoms with Gasteiger partial charge in [0.05, 0.1) is 7.11 Å². The second-order valence-corrected chi connectivity index (χ2v) is 9.02. The summed E-state index contributed by atoms with van der Waals surface area (Å²) >= 11 is 0. The van der Waals surface area contributed by atoms with Crippen LogP contribution < -0.4 is 4.74 Å². The van der Waals surface area contributed by atoms with Crippen molar-refractivity contribution in [2.75, 3.05) is 14.2 Å². The number of hydrogen-bond donors (Lipinski definition) is 0. The molecular formula is C19H24FNO3S. The zero-order chi connectivity index (χ0) is 18.8. The first kappa shape index (κ1) is 19.4. The molecule has 2 rings (SSSR count). The molecule has 0 atom stereocenters. The van der Waals surface area contributed by atoms with Gasteiger partial charge in [0.1, 0.15) is 16.5 Å². The highest BCUT2D eigenvalue weighted by Crippen LogP contribution is 2.28. The van der Waals surface area contributed by atoms with Crippen molar-refractivity contribution < 1.29 is 17.5 Å². The van der Waals surface area contributed by atoms with E-state index < -0.39 is 15.8 Å². The maximum Gasteiger partial charge on any atom is 0.246 e. The van der Waals surface area contributed by atoms with Crippen molar-refractivity contribution in [3.8, 4) is 5.75 Å². The number of benzene rings is 2. The fraction of sp³-hybridized carbons (Fsp3) is 0.368. The second-order valence-electron chi connectivity index (χ2n) is 7.00. The smallest absolute Gasteiger partial charge is 0.246 e. The molecule has 0 radical (unpaired) electrons. The Labute approximate surface area is 149 Å². The van der Waals surface area contributed by atoms with Crippen LogP contribution in [0.5, 0.6) is 5.75 Å². The summed E-state index contributed by atoms with van der Waals surface area (Å²) < 4.78 is 45.3. The van der Waals surface area contributed by atoms with E-state index in [-0.39, 0.29) is 22.6 Å². The number of sulfonamides is 1. The molecule has 25 heavy (non-hydrogen) atoms. The van der Waals surface area contributed by atoms with Crippen molar-refractivity contribution in [1.29, 1.82) is 0 Å². The lowest BCUT2D eigenvalue weighted by atomic mass is 9.87. The van der Waals surface area contributed by atoms with Gasteiger partial charge in [0.2, 0.25) is 10.0 Å². The Morgan fingerprint density at radius 3 is 2.20 bits per heavy atom. The van der Waals surface area contributed by atoms with Crippen LogP contribution in [-0.4, -0.2) is 26.9 Å². The van der Waals surface area contributed by atoms with Gasteiger partial charge in [0.25, 0.3) is 0 Å². The van der Waals surface area contributed by atoms with Crippen molar-refractivity contribution in [2.45, 2.75) is 37.6 Å². The minimum atomic E-state index is -3.87. The molecular weight excluding hydrogens is 341 g/mol. The Balaban J connectivity index is 2.28. The average Bonchev–Trinajstić information content (AvgIpc) is 2.54. The quantitative estimate of drug-likeness (QED) is 0.806. The van der Waals surface area contributed by atoms with Crippen LogP contribution in [0.3, 0.4) is 0 Å². The van der Waals surface area contributed by atoms with E-state index in [1.165, 1.54) is 36.2 Å². The molecule has 0 aliphatic rings. The molecule has 0 aromatic heterocycles. The van der Waals surface area contributed by atoms with Gasteiger partial charge in [-0.3, -0.25) is 0 Å². The van der Waals surface area contributed by atoms with E-state index in [1.54, 1.807) is 0 Å². The number of rotatable bonds is 5. The Morgan fingerprint density at radius 1 is 1.08 bits per heavy atom. The molecule has 0 unspecified atom stereocenters. The van der Waals surface area contributed by atoms with Gasteiger partial charge in [-0.2, -0.15) is 4.31 Å². The number of methoxy groups -OCH3 is 1. The van der Waals surface area contributed by atoms with E-state index >= 15 is 0 Å². The normalized spacial score (nSPS) is 12.4. The standard InChI is InChI=1S/C19H24FNO3S/c1-19(2,3)15-8-6-14(7-9-15)13-21(4)25(22,23)18-12-16(20)10-11-17(18)24-5/h6-12H,13H2,1-5H3. The maximum absolute atomic E-state index is 13.5. The first-order chi connectivity index (χ1) is 11.6. The van der Waals surface area contributed by atoms with Gasteiger partial charge in [0.15, 0.2) is 0 Å². The Kier molecular flexibility index (Phi) is 5.54. The topological polar surface area (TPSA) is 46.6 Å². The van der Waals surface area contributed by atoms with E-state index in [2.05, 4.69) is 20.8 Å². The summed E-state index contributed by atoms with van der Waals surface area (Å²) in [7, 11) is -1.04. The van der Waals surface area contributed by atoms with Crippen LogP contribution in [0.1, 0.15) is 31.9 Å².